The lowest BCUT2D eigenvalue weighted by molar-refractivity contribution is 0.478. The molecule has 0 saturated carbocycles. The number of rotatable bonds is 12. The first kappa shape index (κ1) is 18.2. The van der Waals surface area contributed by atoms with Gasteiger partial charge >= 0.3 is 0 Å². The van der Waals surface area contributed by atoms with Crippen LogP contribution in [0.1, 0.15) is 84.8 Å². The van der Waals surface area contributed by atoms with Crippen LogP contribution in [0, 0.1) is 11.8 Å². The molecule has 0 bridgehead atoms. The monoisotopic (exact) mass is 293 g/mol. The lowest BCUT2D eigenvalue weighted by Gasteiger charge is -2.08. The van der Waals surface area contributed by atoms with E-state index in [1.54, 1.807) is 0 Å². The molecule has 0 aromatic carbocycles. The number of hydrogen-bond donors (Lipinski definition) is 0. The highest BCUT2D eigenvalue weighted by Crippen LogP contribution is 2.12. The van der Waals surface area contributed by atoms with E-state index in [0.29, 0.717) is 0 Å². The highest BCUT2D eigenvalue weighted by atomic mass is 15.4. The van der Waals surface area contributed by atoms with E-state index in [1.807, 2.05) is 6.20 Å². The van der Waals surface area contributed by atoms with E-state index in [0.717, 1.165) is 24.8 Å². The smallest absolute Gasteiger partial charge is 0.0725 e. The molecule has 0 aliphatic rings. The van der Waals surface area contributed by atoms with Crippen molar-refractivity contribution in [2.24, 2.45) is 11.8 Å². The van der Waals surface area contributed by atoms with Gasteiger partial charge in [0.1, 0.15) is 0 Å². The van der Waals surface area contributed by atoms with Crippen LogP contribution in [0.25, 0.3) is 0 Å². The average molecular weight is 293 g/mol. The second kappa shape index (κ2) is 10.8. The van der Waals surface area contributed by atoms with E-state index in [9.17, 15) is 0 Å². The SMILES string of the molecule is CC(C)CCCCCCCn1nncc1CCCC(C)C. The van der Waals surface area contributed by atoms with Crippen molar-refractivity contribution in [2.45, 2.75) is 92.0 Å². The lowest BCUT2D eigenvalue weighted by atomic mass is 10.0. The minimum atomic E-state index is 0.792. The molecule has 0 saturated heterocycles. The third-order valence-electron chi connectivity index (χ3n) is 4.06. The molecule has 0 spiro atoms. The molecule has 21 heavy (non-hydrogen) atoms. The summed E-state index contributed by atoms with van der Waals surface area (Å²) in [5.74, 6) is 1.65. The van der Waals surface area contributed by atoms with Crippen LogP contribution >= 0.6 is 0 Å². The fourth-order valence-corrected chi connectivity index (χ4v) is 2.70. The molecule has 0 aliphatic heterocycles. The summed E-state index contributed by atoms with van der Waals surface area (Å²) in [4.78, 5) is 0. The molecule has 0 amide bonds. The third kappa shape index (κ3) is 8.90. The van der Waals surface area contributed by atoms with E-state index >= 15 is 0 Å². The van der Waals surface area contributed by atoms with Gasteiger partial charge in [0, 0.05) is 6.54 Å². The molecular weight excluding hydrogens is 258 g/mol. The standard InChI is InChI=1S/C18H35N3/c1-16(2)11-8-6-5-7-9-14-21-18(15-19-20-21)13-10-12-17(3)4/h15-17H,5-14H2,1-4H3. The summed E-state index contributed by atoms with van der Waals surface area (Å²) in [6, 6.07) is 0. The number of aromatic nitrogens is 3. The number of hydrogen-bond acceptors (Lipinski definition) is 2. The predicted octanol–water partition coefficient (Wildman–Crippen LogP) is 5.25. The Kier molecular flexibility index (Phi) is 9.36. The number of nitrogens with zero attached hydrogens (tertiary/aromatic N) is 3. The van der Waals surface area contributed by atoms with Crippen molar-refractivity contribution in [3.63, 3.8) is 0 Å². The largest absolute Gasteiger partial charge is 0.249 e. The summed E-state index contributed by atoms with van der Waals surface area (Å²) in [5.41, 5.74) is 1.32. The first-order chi connectivity index (χ1) is 10.1. The van der Waals surface area contributed by atoms with E-state index in [2.05, 4.69) is 42.7 Å². The van der Waals surface area contributed by atoms with Gasteiger partial charge in [-0.1, -0.05) is 71.4 Å². The van der Waals surface area contributed by atoms with Gasteiger partial charge in [-0.3, -0.25) is 0 Å². The molecule has 1 heterocycles. The highest BCUT2D eigenvalue weighted by molar-refractivity contribution is 4.93. The summed E-state index contributed by atoms with van der Waals surface area (Å²) in [5, 5.41) is 8.32. The molecule has 3 heteroatoms. The highest BCUT2D eigenvalue weighted by Gasteiger charge is 2.04. The average Bonchev–Trinajstić information content (AvgIpc) is 2.84. The zero-order chi connectivity index (χ0) is 15.5. The minimum Gasteiger partial charge on any atom is -0.249 e. The van der Waals surface area contributed by atoms with Crippen LogP contribution in [0.5, 0.6) is 0 Å². The van der Waals surface area contributed by atoms with Crippen molar-refractivity contribution in [3.05, 3.63) is 11.9 Å². The van der Waals surface area contributed by atoms with E-state index in [4.69, 9.17) is 0 Å². The molecule has 0 radical (unpaired) electrons. The summed E-state index contributed by atoms with van der Waals surface area (Å²) >= 11 is 0. The van der Waals surface area contributed by atoms with Gasteiger partial charge < -0.3 is 0 Å². The van der Waals surface area contributed by atoms with Crippen molar-refractivity contribution in [3.8, 4) is 0 Å². The maximum absolute atomic E-state index is 4.24. The Morgan fingerprint density at radius 1 is 0.857 bits per heavy atom. The number of unbranched alkanes of at least 4 members (excludes halogenated alkanes) is 4. The molecule has 0 fully saturated rings. The van der Waals surface area contributed by atoms with Gasteiger partial charge in [-0.25, -0.2) is 4.68 Å². The first-order valence-corrected chi connectivity index (χ1v) is 8.97. The first-order valence-electron chi connectivity index (χ1n) is 8.97. The maximum Gasteiger partial charge on any atom is 0.0725 e. The maximum atomic E-state index is 4.24. The van der Waals surface area contributed by atoms with Gasteiger partial charge in [0.15, 0.2) is 0 Å². The summed E-state index contributed by atoms with van der Waals surface area (Å²) in [7, 11) is 0. The van der Waals surface area contributed by atoms with Crippen LogP contribution in [-0.2, 0) is 13.0 Å². The molecule has 0 atom stereocenters. The van der Waals surface area contributed by atoms with Gasteiger partial charge in [-0.15, -0.1) is 5.10 Å². The summed E-state index contributed by atoms with van der Waals surface area (Å²) in [6.45, 7) is 10.2. The van der Waals surface area contributed by atoms with Gasteiger partial charge in [0.2, 0.25) is 0 Å². The van der Waals surface area contributed by atoms with Crippen molar-refractivity contribution in [1.29, 1.82) is 0 Å². The van der Waals surface area contributed by atoms with Crippen molar-refractivity contribution >= 4 is 0 Å². The van der Waals surface area contributed by atoms with Crippen molar-refractivity contribution in [2.75, 3.05) is 0 Å². The molecule has 1 rings (SSSR count). The van der Waals surface area contributed by atoms with Gasteiger partial charge in [0.25, 0.3) is 0 Å². The Bertz CT molecular complexity index is 355. The Morgan fingerprint density at radius 3 is 2.19 bits per heavy atom. The topological polar surface area (TPSA) is 30.7 Å². The van der Waals surface area contributed by atoms with Gasteiger partial charge in [0.05, 0.1) is 11.9 Å². The zero-order valence-corrected chi connectivity index (χ0v) is 14.6. The second-order valence-corrected chi connectivity index (χ2v) is 7.18. The lowest BCUT2D eigenvalue weighted by Crippen LogP contribution is -2.06. The molecule has 0 N–H and O–H groups in total. The van der Waals surface area contributed by atoms with Gasteiger partial charge in [-0.2, -0.15) is 0 Å². The van der Waals surface area contributed by atoms with E-state index in [1.165, 1.54) is 57.1 Å². The van der Waals surface area contributed by atoms with Crippen LogP contribution in [0.3, 0.4) is 0 Å². The van der Waals surface area contributed by atoms with Crippen molar-refractivity contribution < 1.29 is 0 Å². The van der Waals surface area contributed by atoms with Crippen LogP contribution < -0.4 is 0 Å². The van der Waals surface area contributed by atoms with Crippen molar-refractivity contribution in [1.82, 2.24) is 15.0 Å². The number of aryl methyl sites for hydroxylation is 2. The van der Waals surface area contributed by atoms with E-state index < -0.39 is 0 Å². The fourth-order valence-electron chi connectivity index (χ4n) is 2.70. The Labute approximate surface area is 131 Å². The fraction of sp³-hybridized carbons (Fsp3) is 0.889. The Hall–Kier alpha value is -0.860. The van der Waals surface area contributed by atoms with Crippen LogP contribution in [0.4, 0.5) is 0 Å². The molecule has 0 aliphatic carbocycles. The second-order valence-electron chi connectivity index (χ2n) is 7.18. The normalized spacial score (nSPS) is 11.7. The molecule has 122 valence electrons. The summed E-state index contributed by atoms with van der Waals surface area (Å²) in [6.07, 6.45) is 13.7. The molecule has 1 aromatic heterocycles. The Balaban J connectivity index is 2.10. The zero-order valence-electron chi connectivity index (χ0n) is 14.6. The molecule has 3 nitrogen and oxygen atoms in total. The predicted molar refractivity (Wildman–Crippen MR) is 90.3 cm³/mol. The van der Waals surface area contributed by atoms with Gasteiger partial charge in [-0.05, 0) is 31.1 Å². The molecule has 0 unspecified atom stereocenters. The minimum absolute atomic E-state index is 0.792. The van der Waals surface area contributed by atoms with Crippen LogP contribution in [0.2, 0.25) is 0 Å². The quantitative estimate of drug-likeness (QED) is 0.492. The molecular formula is C18H35N3. The third-order valence-corrected chi connectivity index (χ3v) is 4.06. The van der Waals surface area contributed by atoms with E-state index in [-0.39, 0.29) is 0 Å². The van der Waals surface area contributed by atoms with Crippen LogP contribution in [0.15, 0.2) is 6.20 Å². The molecule has 1 aromatic rings. The Morgan fingerprint density at radius 2 is 1.48 bits per heavy atom. The summed E-state index contributed by atoms with van der Waals surface area (Å²) < 4.78 is 2.12. The van der Waals surface area contributed by atoms with Crippen LogP contribution in [-0.4, -0.2) is 15.0 Å².